The molecule has 2 aliphatic heterocycles. The Morgan fingerprint density at radius 3 is 2.42 bits per heavy atom. The largest absolute Gasteiger partial charge is 0.457 e. The maximum absolute atomic E-state index is 12.6. The average Bonchev–Trinajstić information content (AvgIpc) is 3.73. The van der Waals surface area contributed by atoms with E-state index in [1.54, 1.807) is 26.2 Å². The molecule has 0 aromatic heterocycles. The minimum absolute atomic E-state index is 0.0387. The summed E-state index contributed by atoms with van der Waals surface area (Å²) in [6.45, 7) is 12.6. The van der Waals surface area contributed by atoms with Gasteiger partial charge in [0.05, 0.1) is 30.8 Å². The summed E-state index contributed by atoms with van der Waals surface area (Å²) >= 11 is 0. The minimum Gasteiger partial charge on any atom is -0.457 e. The molecule has 2 heterocycles. The van der Waals surface area contributed by atoms with Crippen LogP contribution in [0, 0.1) is 17.8 Å². The van der Waals surface area contributed by atoms with Crippen LogP contribution in [0.15, 0.2) is 36.0 Å². The molecular formula is C33H57NO9. The number of nitrogens with one attached hydrogen (secondary N) is 1. The molecule has 0 aromatic rings. The topological polar surface area (TPSA) is 147 Å². The Morgan fingerprint density at radius 2 is 1.86 bits per heavy atom. The molecule has 4 N–H and O–H groups in total. The number of epoxide rings is 1. The number of carbonyl (C=O) groups is 2. The molecule has 2 rings (SSSR count). The van der Waals surface area contributed by atoms with Gasteiger partial charge in [-0.25, -0.2) is 0 Å². The van der Waals surface area contributed by atoms with Gasteiger partial charge < -0.3 is 39.6 Å². The molecule has 0 bridgehead atoms. The summed E-state index contributed by atoms with van der Waals surface area (Å²) in [6.07, 6.45) is 6.42. The lowest BCUT2D eigenvalue weighted by Gasteiger charge is -2.32. The van der Waals surface area contributed by atoms with Crippen LogP contribution in [-0.2, 0) is 28.5 Å². The van der Waals surface area contributed by atoms with Crippen LogP contribution in [-0.4, -0.2) is 96.8 Å². The fourth-order valence-electron chi connectivity index (χ4n) is 5.32. The first-order valence-corrected chi connectivity index (χ1v) is 15.4. The molecule has 1 fully saturated rings. The third-order valence-electron chi connectivity index (χ3n) is 8.09. The van der Waals surface area contributed by atoms with Gasteiger partial charge in [0, 0.05) is 31.8 Å². The second kappa shape index (κ2) is 18.7. The van der Waals surface area contributed by atoms with E-state index in [0.717, 1.165) is 12.0 Å². The molecule has 0 saturated carbocycles. The summed E-state index contributed by atoms with van der Waals surface area (Å²) in [5.74, 6) is -1.39. The molecule has 0 spiro atoms. The van der Waals surface area contributed by atoms with Crippen molar-refractivity contribution in [1.29, 1.82) is 0 Å². The van der Waals surface area contributed by atoms with E-state index in [1.165, 1.54) is 6.92 Å². The van der Waals surface area contributed by atoms with Gasteiger partial charge in [0.1, 0.15) is 23.9 Å². The normalized spacial score (nSPS) is 33.9. The Morgan fingerprint density at radius 1 is 1.23 bits per heavy atom. The standard InChI is InChI=1S/C31H50O9.C2H7N/c1-9-24(37-8)21(5)29-30(40-29)27(35)18(2)11-10-12-19(3)28-20(4)13-14-25(38-22(6)32)31(7,36)16-15-23(33)17-26(34)39-28;1-3-2/h10-14,18,20-21,23-25,27-30,33,35-36H,9,15-17H2,1-8H3;3H,1-2H3/b11-10+,14-13+,19-12+;. The van der Waals surface area contributed by atoms with Crippen LogP contribution in [0.2, 0.25) is 0 Å². The molecule has 10 nitrogen and oxygen atoms in total. The summed E-state index contributed by atoms with van der Waals surface area (Å²) in [6, 6.07) is 0. The zero-order valence-corrected chi connectivity index (χ0v) is 27.8. The number of ether oxygens (including phenoxy) is 4. The summed E-state index contributed by atoms with van der Waals surface area (Å²) in [7, 11) is 5.44. The molecule has 0 aromatic carbocycles. The van der Waals surface area contributed by atoms with Crippen molar-refractivity contribution in [3.05, 3.63) is 36.0 Å². The van der Waals surface area contributed by atoms with Crippen LogP contribution in [0.25, 0.3) is 0 Å². The van der Waals surface area contributed by atoms with Gasteiger partial charge in [-0.1, -0.05) is 52.0 Å². The van der Waals surface area contributed by atoms with E-state index in [4.69, 9.17) is 18.9 Å². The number of methoxy groups -OCH3 is 1. The number of cyclic esters (lactones) is 1. The third-order valence-corrected chi connectivity index (χ3v) is 8.09. The van der Waals surface area contributed by atoms with E-state index in [1.807, 2.05) is 53.1 Å². The van der Waals surface area contributed by atoms with Gasteiger partial charge in [-0.3, -0.25) is 9.59 Å². The second-order valence-electron chi connectivity index (χ2n) is 12.2. The SMILES string of the molecule is CCC(OC)C(C)C1OC1C(O)C(C)/C=C/C=C(\C)C1OC(=O)CC(O)CCC(C)(O)C(OC(C)=O)/C=C/C1C.CNC. The zero-order chi connectivity index (χ0) is 32.9. The lowest BCUT2D eigenvalue weighted by molar-refractivity contribution is -0.157. The van der Waals surface area contributed by atoms with Crippen molar-refractivity contribution in [1.82, 2.24) is 5.32 Å². The van der Waals surface area contributed by atoms with Crippen LogP contribution in [0.5, 0.6) is 0 Å². The third kappa shape index (κ3) is 12.8. The Bertz CT molecular complexity index is 943. The fraction of sp³-hybridized carbons (Fsp3) is 0.758. The first-order valence-electron chi connectivity index (χ1n) is 15.4. The van der Waals surface area contributed by atoms with Gasteiger partial charge in [0.15, 0.2) is 0 Å². The molecule has 0 aliphatic carbocycles. The van der Waals surface area contributed by atoms with Gasteiger partial charge in [-0.05, 0) is 58.9 Å². The van der Waals surface area contributed by atoms with Crippen molar-refractivity contribution < 1.29 is 43.9 Å². The number of aliphatic hydroxyl groups is 3. The fourth-order valence-corrected chi connectivity index (χ4v) is 5.32. The minimum atomic E-state index is -1.42. The van der Waals surface area contributed by atoms with Crippen molar-refractivity contribution in [2.75, 3.05) is 21.2 Å². The molecule has 10 heteroatoms. The number of esters is 2. The van der Waals surface area contributed by atoms with Gasteiger partial charge >= 0.3 is 11.9 Å². The molecule has 11 atom stereocenters. The molecule has 2 aliphatic rings. The first-order chi connectivity index (χ1) is 20.1. The number of rotatable bonds is 10. The average molecular weight is 612 g/mol. The van der Waals surface area contributed by atoms with Crippen LogP contribution in [0.3, 0.4) is 0 Å². The zero-order valence-electron chi connectivity index (χ0n) is 27.8. The smallest absolute Gasteiger partial charge is 0.309 e. The number of hydrogen-bond acceptors (Lipinski definition) is 10. The van der Waals surface area contributed by atoms with Crippen molar-refractivity contribution in [3.63, 3.8) is 0 Å². The lowest BCUT2D eigenvalue weighted by atomic mass is 9.88. The van der Waals surface area contributed by atoms with E-state index in [-0.39, 0.29) is 55.3 Å². The summed E-state index contributed by atoms with van der Waals surface area (Å²) < 4.78 is 22.5. The maximum atomic E-state index is 12.6. The van der Waals surface area contributed by atoms with Crippen molar-refractivity contribution >= 4 is 11.9 Å². The Labute approximate surface area is 258 Å². The highest BCUT2D eigenvalue weighted by Crippen LogP contribution is 2.37. The van der Waals surface area contributed by atoms with E-state index in [2.05, 4.69) is 19.2 Å². The quantitative estimate of drug-likeness (QED) is 0.125. The lowest BCUT2D eigenvalue weighted by Crippen LogP contribution is -2.42. The predicted molar refractivity (Wildman–Crippen MR) is 166 cm³/mol. The highest BCUT2D eigenvalue weighted by Gasteiger charge is 2.50. The van der Waals surface area contributed by atoms with Crippen molar-refractivity contribution in [3.8, 4) is 0 Å². The Hall–Kier alpha value is -2.08. The molecular weight excluding hydrogens is 554 g/mol. The Balaban J connectivity index is 0.00000295. The van der Waals surface area contributed by atoms with E-state index in [9.17, 15) is 24.9 Å². The van der Waals surface area contributed by atoms with Crippen molar-refractivity contribution in [2.24, 2.45) is 17.8 Å². The molecule has 0 amide bonds. The summed E-state index contributed by atoms with van der Waals surface area (Å²) in [5, 5.41) is 34.9. The van der Waals surface area contributed by atoms with Gasteiger partial charge in [-0.2, -0.15) is 0 Å². The second-order valence-corrected chi connectivity index (χ2v) is 12.2. The number of carbonyl (C=O) groups excluding carboxylic acids is 2. The maximum Gasteiger partial charge on any atom is 0.309 e. The van der Waals surface area contributed by atoms with Gasteiger partial charge in [0.25, 0.3) is 0 Å². The van der Waals surface area contributed by atoms with Crippen LogP contribution >= 0.6 is 0 Å². The molecule has 1 saturated heterocycles. The van der Waals surface area contributed by atoms with E-state index >= 15 is 0 Å². The number of hydrogen-bond donors (Lipinski definition) is 4. The van der Waals surface area contributed by atoms with Crippen LogP contribution in [0.1, 0.15) is 74.1 Å². The molecule has 11 unspecified atom stereocenters. The monoisotopic (exact) mass is 611 g/mol. The molecule has 43 heavy (non-hydrogen) atoms. The van der Waals surface area contributed by atoms with Crippen LogP contribution < -0.4 is 5.32 Å². The van der Waals surface area contributed by atoms with Crippen LogP contribution in [0.4, 0.5) is 0 Å². The number of aliphatic hydroxyl groups excluding tert-OH is 2. The molecule has 248 valence electrons. The molecule has 0 radical (unpaired) electrons. The summed E-state index contributed by atoms with van der Waals surface area (Å²) in [5.41, 5.74) is -0.666. The predicted octanol–water partition coefficient (Wildman–Crippen LogP) is 3.48. The van der Waals surface area contributed by atoms with E-state index in [0.29, 0.717) is 0 Å². The Kier molecular flexibility index (Phi) is 16.9. The summed E-state index contributed by atoms with van der Waals surface area (Å²) in [4.78, 5) is 24.3. The van der Waals surface area contributed by atoms with Gasteiger partial charge in [-0.15, -0.1) is 0 Å². The van der Waals surface area contributed by atoms with E-state index < -0.39 is 42.0 Å². The highest BCUT2D eigenvalue weighted by molar-refractivity contribution is 5.70. The first kappa shape index (κ1) is 38.9. The van der Waals surface area contributed by atoms with Gasteiger partial charge in [0.2, 0.25) is 0 Å². The highest BCUT2D eigenvalue weighted by atomic mass is 16.6. The number of allylic oxidation sites excluding steroid dienone is 2. The van der Waals surface area contributed by atoms with Crippen molar-refractivity contribution in [2.45, 2.75) is 122 Å².